The number of benzene rings is 1. The molecule has 0 unspecified atom stereocenters. The molecule has 2 rings (SSSR count). The van der Waals surface area contributed by atoms with Crippen LogP contribution >= 0.6 is 22.9 Å². The molecule has 0 saturated heterocycles. The first-order valence-corrected chi connectivity index (χ1v) is 6.65. The summed E-state index contributed by atoms with van der Waals surface area (Å²) in [4.78, 5) is 16.6. The third-order valence-corrected chi connectivity index (χ3v) is 3.28. The molecule has 7 heteroatoms. The Morgan fingerprint density at radius 2 is 2.30 bits per heavy atom. The van der Waals surface area contributed by atoms with Gasteiger partial charge in [0.2, 0.25) is 0 Å². The van der Waals surface area contributed by atoms with Crippen LogP contribution in [0.25, 0.3) is 0 Å². The molecular weight excluding hydrogens is 300 g/mol. The highest BCUT2D eigenvalue weighted by atomic mass is 35.5. The molecule has 102 valence electrons. The number of hydrogen-bond acceptors (Lipinski definition) is 5. The molecule has 0 fully saturated rings. The highest BCUT2D eigenvalue weighted by Gasteiger charge is 2.13. The largest absolute Gasteiger partial charge is 0.507 e. The average Bonchev–Trinajstić information content (AvgIpc) is 2.86. The van der Waals surface area contributed by atoms with Gasteiger partial charge in [-0.15, -0.1) is 0 Å². The maximum Gasteiger partial charge on any atom is 0.261 e. The van der Waals surface area contributed by atoms with Crippen LogP contribution in [0.2, 0.25) is 5.02 Å². The maximum absolute atomic E-state index is 12.0. The fourth-order valence-corrected chi connectivity index (χ4v) is 2.23. The first-order valence-electron chi connectivity index (χ1n) is 5.45. The van der Waals surface area contributed by atoms with Gasteiger partial charge in [-0.3, -0.25) is 10.1 Å². The number of phenols is 1. The number of phenolic OH excluding ortho intramolecular Hbond substituents is 1. The lowest BCUT2D eigenvalue weighted by molar-refractivity contribution is 0.102. The van der Waals surface area contributed by atoms with Crippen molar-refractivity contribution in [3.63, 3.8) is 0 Å². The van der Waals surface area contributed by atoms with Crippen molar-refractivity contribution in [3.8, 4) is 17.6 Å². The summed E-state index contributed by atoms with van der Waals surface area (Å²) in [5, 5.41) is 21.4. The van der Waals surface area contributed by atoms with E-state index in [1.807, 2.05) is 0 Å². The van der Waals surface area contributed by atoms with Crippen molar-refractivity contribution in [2.75, 3.05) is 11.9 Å². The average molecular weight is 309 g/mol. The lowest BCUT2D eigenvalue weighted by Gasteiger charge is -2.04. The molecule has 0 saturated carbocycles. The fraction of sp³-hybridized carbons (Fsp3) is 0.0769. The van der Waals surface area contributed by atoms with Crippen molar-refractivity contribution in [1.82, 2.24) is 4.98 Å². The van der Waals surface area contributed by atoms with Crippen LogP contribution < -0.4 is 5.32 Å². The fourth-order valence-electron chi connectivity index (χ4n) is 1.37. The normalized spacial score (nSPS) is 9.70. The van der Waals surface area contributed by atoms with Gasteiger partial charge in [0.1, 0.15) is 12.4 Å². The summed E-state index contributed by atoms with van der Waals surface area (Å²) in [6.45, 7) is -0.240. The molecule has 0 spiro atoms. The number of carbonyl (C=O) groups excluding carboxylic acids is 1. The van der Waals surface area contributed by atoms with Crippen molar-refractivity contribution >= 4 is 34.0 Å². The molecule has 1 amide bonds. The Morgan fingerprint density at radius 3 is 3.05 bits per heavy atom. The number of hydrogen-bond donors (Lipinski definition) is 3. The van der Waals surface area contributed by atoms with E-state index >= 15 is 0 Å². The van der Waals surface area contributed by atoms with Gasteiger partial charge in [0.05, 0.1) is 16.6 Å². The number of anilines is 1. The molecule has 3 N–H and O–H groups in total. The van der Waals surface area contributed by atoms with Crippen molar-refractivity contribution in [3.05, 3.63) is 39.9 Å². The molecule has 1 aromatic heterocycles. The quantitative estimate of drug-likeness (QED) is 0.742. The predicted molar refractivity (Wildman–Crippen MR) is 77.1 cm³/mol. The van der Waals surface area contributed by atoms with E-state index in [0.717, 1.165) is 11.3 Å². The van der Waals surface area contributed by atoms with Crippen molar-refractivity contribution < 1.29 is 15.0 Å². The number of carbonyl (C=O) groups is 1. The van der Waals surface area contributed by atoms with Crippen molar-refractivity contribution in [2.45, 2.75) is 0 Å². The third-order valence-electron chi connectivity index (χ3n) is 2.22. The first-order chi connectivity index (χ1) is 9.60. The Labute approximate surface area is 123 Å². The Hall–Kier alpha value is -2.07. The highest BCUT2D eigenvalue weighted by Crippen LogP contribution is 2.24. The van der Waals surface area contributed by atoms with Gasteiger partial charge in [0, 0.05) is 5.02 Å². The van der Waals surface area contributed by atoms with Crippen LogP contribution in [0.5, 0.6) is 5.75 Å². The number of aromatic nitrogens is 1. The smallest absolute Gasteiger partial charge is 0.261 e. The predicted octanol–water partition coefficient (Wildman–Crippen LogP) is 2.10. The molecule has 0 aliphatic rings. The van der Waals surface area contributed by atoms with E-state index in [0.29, 0.717) is 15.0 Å². The molecule has 20 heavy (non-hydrogen) atoms. The third kappa shape index (κ3) is 3.48. The Bertz CT molecular complexity index is 703. The zero-order valence-electron chi connectivity index (χ0n) is 10.1. The number of thiazole rings is 1. The van der Waals surface area contributed by atoms with E-state index in [1.165, 1.54) is 24.4 Å². The number of aliphatic hydroxyl groups is 1. The molecule has 1 aromatic carbocycles. The van der Waals surface area contributed by atoms with Gasteiger partial charge < -0.3 is 10.2 Å². The number of nitrogens with one attached hydrogen (secondary N) is 1. The molecule has 2 aromatic rings. The number of nitrogens with zero attached hydrogens (tertiary/aromatic N) is 1. The first kappa shape index (κ1) is 14.3. The zero-order valence-corrected chi connectivity index (χ0v) is 11.6. The van der Waals surface area contributed by atoms with Crippen LogP contribution in [0.3, 0.4) is 0 Å². The minimum Gasteiger partial charge on any atom is -0.507 e. The Morgan fingerprint density at radius 1 is 1.50 bits per heavy atom. The van der Waals surface area contributed by atoms with Gasteiger partial charge >= 0.3 is 0 Å². The monoisotopic (exact) mass is 308 g/mol. The zero-order chi connectivity index (χ0) is 14.5. The summed E-state index contributed by atoms with van der Waals surface area (Å²) in [6, 6.07) is 4.20. The molecule has 0 bridgehead atoms. The van der Waals surface area contributed by atoms with Gasteiger partial charge in [-0.25, -0.2) is 4.98 Å². The minimum atomic E-state index is -0.513. The second-order valence-corrected chi connectivity index (χ2v) is 5.07. The van der Waals surface area contributed by atoms with E-state index in [9.17, 15) is 9.90 Å². The molecule has 5 nitrogen and oxygen atoms in total. The standard InChI is InChI=1S/C13H9ClN2O3S/c14-8-3-4-11(18)10(6-8)12(19)16-13-15-7-9(20-13)2-1-5-17/h3-4,6-7,17-18H,5H2,(H,15,16,19). The van der Waals surface area contributed by atoms with Crippen LogP contribution in [0.1, 0.15) is 15.2 Å². The molecule has 0 atom stereocenters. The topological polar surface area (TPSA) is 82.5 Å². The molecule has 0 aliphatic carbocycles. The molecule has 0 aliphatic heterocycles. The van der Waals surface area contributed by atoms with Crippen LogP contribution in [0.15, 0.2) is 24.4 Å². The molecule has 1 heterocycles. The summed E-state index contributed by atoms with van der Waals surface area (Å²) >= 11 is 6.94. The lowest BCUT2D eigenvalue weighted by atomic mass is 10.2. The number of aromatic hydroxyl groups is 1. The summed E-state index contributed by atoms with van der Waals surface area (Å²) in [7, 11) is 0. The highest BCUT2D eigenvalue weighted by molar-refractivity contribution is 7.16. The van der Waals surface area contributed by atoms with Gasteiger partial charge in [-0.2, -0.15) is 0 Å². The number of amides is 1. The number of rotatable bonds is 2. The number of aliphatic hydroxyl groups excluding tert-OH is 1. The molecule has 0 radical (unpaired) electrons. The van der Waals surface area contributed by atoms with Crippen molar-refractivity contribution in [2.24, 2.45) is 0 Å². The van der Waals surface area contributed by atoms with Gasteiger partial charge in [0.25, 0.3) is 5.91 Å². The number of halogens is 1. The van der Waals surface area contributed by atoms with Crippen LogP contribution in [-0.2, 0) is 0 Å². The summed E-state index contributed by atoms with van der Waals surface area (Å²) in [5.41, 5.74) is 0.0655. The summed E-state index contributed by atoms with van der Waals surface area (Å²) in [5.74, 6) is 4.49. The Kier molecular flexibility index (Phi) is 4.58. The van der Waals surface area contributed by atoms with E-state index in [1.54, 1.807) is 0 Å². The van der Waals surface area contributed by atoms with Gasteiger partial charge in [-0.05, 0) is 18.2 Å². The second kappa shape index (κ2) is 6.39. The maximum atomic E-state index is 12.0. The van der Waals surface area contributed by atoms with Crippen molar-refractivity contribution in [1.29, 1.82) is 0 Å². The van der Waals surface area contributed by atoms with Crippen LogP contribution in [0, 0.1) is 11.8 Å². The summed E-state index contributed by atoms with van der Waals surface area (Å²) in [6.07, 6.45) is 1.49. The van der Waals surface area contributed by atoms with E-state index in [2.05, 4.69) is 22.1 Å². The van der Waals surface area contributed by atoms with E-state index < -0.39 is 5.91 Å². The van der Waals surface area contributed by atoms with Crippen LogP contribution in [-0.4, -0.2) is 27.7 Å². The van der Waals surface area contributed by atoms with Gasteiger partial charge in [-0.1, -0.05) is 34.8 Å². The lowest BCUT2D eigenvalue weighted by Crippen LogP contribution is -2.11. The molecular formula is C13H9ClN2O3S. The second-order valence-electron chi connectivity index (χ2n) is 3.61. The van der Waals surface area contributed by atoms with E-state index in [-0.39, 0.29) is 17.9 Å². The minimum absolute atomic E-state index is 0.0655. The summed E-state index contributed by atoms with van der Waals surface area (Å²) < 4.78 is 0. The van der Waals surface area contributed by atoms with Crippen LogP contribution in [0.4, 0.5) is 5.13 Å². The Balaban J connectivity index is 2.15. The SMILES string of the molecule is O=C(Nc1ncc(C#CCO)s1)c1cc(Cl)ccc1O. The van der Waals surface area contributed by atoms with Gasteiger partial charge in [0.15, 0.2) is 5.13 Å². The van der Waals surface area contributed by atoms with E-state index in [4.69, 9.17) is 16.7 Å².